The summed E-state index contributed by atoms with van der Waals surface area (Å²) in [6, 6.07) is 1.21. The third-order valence-corrected chi connectivity index (χ3v) is 3.14. The Balaban J connectivity index is 2.16. The van der Waals surface area contributed by atoms with Gasteiger partial charge in [-0.05, 0) is 19.9 Å². The standard InChI is InChI=1S/C14H17F2N5O3/c1-4-24-14(23)9-6-17-20(3)13(9)18-11(22)7-21-10(12(15)16)5-8(2)19-21/h5-6,12H,4,7H2,1-3H3,(H,18,22). The minimum Gasteiger partial charge on any atom is -0.462 e. The van der Waals surface area contributed by atoms with Gasteiger partial charge in [0.25, 0.3) is 6.43 Å². The maximum Gasteiger partial charge on any atom is 0.343 e. The first-order valence-electron chi connectivity index (χ1n) is 7.15. The number of amides is 1. The summed E-state index contributed by atoms with van der Waals surface area (Å²) in [5, 5.41) is 10.2. The van der Waals surface area contributed by atoms with E-state index in [0.717, 1.165) is 4.68 Å². The fourth-order valence-electron chi connectivity index (χ4n) is 2.12. The van der Waals surface area contributed by atoms with Crippen LogP contribution in [0.25, 0.3) is 0 Å². The van der Waals surface area contributed by atoms with E-state index in [1.165, 1.54) is 24.0 Å². The van der Waals surface area contributed by atoms with Gasteiger partial charge in [0.15, 0.2) is 0 Å². The Morgan fingerprint density at radius 2 is 2.12 bits per heavy atom. The molecule has 0 aromatic carbocycles. The van der Waals surface area contributed by atoms with Crippen molar-refractivity contribution in [1.29, 1.82) is 0 Å². The molecule has 2 rings (SSSR count). The minimum atomic E-state index is -2.74. The van der Waals surface area contributed by atoms with Gasteiger partial charge in [0.1, 0.15) is 23.6 Å². The summed E-state index contributed by atoms with van der Waals surface area (Å²) in [6.07, 6.45) is -1.48. The van der Waals surface area contributed by atoms with E-state index in [2.05, 4.69) is 15.5 Å². The molecule has 2 heterocycles. The van der Waals surface area contributed by atoms with Crippen LogP contribution in [0.4, 0.5) is 14.6 Å². The number of aromatic nitrogens is 4. The molecule has 0 aliphatic heterocycles. The second-order valence-electron chi connectivity index (χ2n) is 4.97. The van der Waals surface area contributed by atoms with Crippen LogP contribution in [0, 0.1) is 6.92 Å². The number of carbonyl (C=O) groups is 2. The van der Waals surface area contributed by atoms with Gasteiger partial charge in [-0.25, -0.2) is 13.6 Å². The number of hydrogen-bond donors (Lipinski definition) is 1. The largest absolute Gasteiger partial charge is 0.462 e. The number of anilines is 1. The van der Waals surface area contributed by atoms with Crippen molar-refractivity contribution in [3.63, 3.8) is 0 Å². The number of aryl methyl sites for hydroxylation is 2. The number of nitrogens with one attached hydrogen (secondary N) is 1. The highest BCUT2D eigenvalue weighted by molar-refractivity contribution is 6.00. The van der Waals surface area contributed by atoms with Gasteiger partial charge in [-0.1, -0.05) is 0 Å². The van der Waals surface area contributed by atoms with Crippen molar-refractivity contribution in [3.8, 4) is 0 Å². The molecule has 130 valence electrons. The van der Waals surface area contributed by atoms with Gasteiger partial charge in [-0.2, -0.15) is 10.2 Å². The molecule has 0 spiro atoms. The Kier molecular flexibility index (Phi) is 5.27. The second kappa shape index (κ2) is 7.20. The Bertz CT molecular complexity index is 754. The van der Waals surface area contributed by atoms with Crippen molar-refractivity contribution in [3.05, 3.63) is 29.2 Å². The molecule has 0 radical (unpaired) electrons. The van der Waals surface area contributed by atoms with E-state index in [9.17, 15) is 18.4 Å². The van der Waals surface area contributed by atoms with E-state index >= 15 is 0 Å². The van der Waals surface area contributed by atoms with Gasteiger partial charge in [-0.3, -0.25) is 14.2 Å². The highest BCUT2D eigenvalue weighted by Gasteiger charge is 2.21. The van der Waals surface area contributed by atoms with Crippen LogP contribution < -0.4 is 5.32 Å². The number of ether oxygens (including phenoxy) is 1. The summed E-state index contributed by atoms with van der Waals surface area (Å²) < 4.78 is 32.9. The second-order valence-corrected chi connectivity index (χ2v) is 4.97. The molecule has 0 aliphatic rings. The molecule has 2 aromatic rings. The van der Waals surface area contributed by atoms with Crippen molar-refractivity contribution in [2.45, 2.75) is 26.8 Å². The van der Waals surface area contributed by atoms with Crippen molar-refractivity contribution < 1.29 is 23.1 Å². The topological polar surface area (TPSA) is 91.0 Å². The van der Waals surface area contributed by atoms with Crippen molar-refractivity contribution in [2.75, 3.05) is 11.9 Å². The molecule has 0 atom stereocenters. The van der Waals surface area contributed by atoms with E-state index in [4.69, 9.17) is 4.74 Å². The molecule has 0 unspecified atom stereocenters. The summed E-state index contributed by atoms with van der Waals surface area (Å²) in [5.41, 5.74) is 0.113. The number of esters is 1. The number of hydrogen-bond acceptors (Lipinski definition) is 5. The number of halogens is 2. The smallest absolute Gasteiger partial charge is 0.343 e. The number of nitrogens with zero attached hydrogens (tertiary/aromatic N) is 4. The number of rotatable bonds is 6. The quantitative estimate of drug-likeness (QED) is 0.807. The van der Waals surface area contributed by atoms with E-state index in [1.807, 2.05) is 0 Å². The molecular weight excluding hydrogens is 324 g/mol. The lowest BCUT2D eigenvalue weighted by Crippen LogP contribution is -2.23. The van der Waals surface area contributed by atoms with Crippen molar-refractivity contribution >= 4 is 17.7 Å². The zero-order valence-electron chi connectivity index (χ0n) is 13.4. The van der Waals surface area contributed by atoms with Gasteiger partial charge in [-0.15, -0.1) is 0 Å². The average molecular weight is 341 g/mol. The van der Waals surface area contributed by atoms with Crippen LogP contribution in [0.3, 0.4) is 0 Å². The van der Waals surface area contributed by atoms with Crippen molar-refractivity contribution in [2.24, 2.45) is 7.05 Å². The highest BCUT2D eigenvalue weighted by Crippen LogP contribution is 2.20. The zero-order chi connectivity index (χ0) is 17.9. The maximum atomic E-state index is 12.9. The molecule has 8 nitrogen and oxygen atoms in total. The van der Waals surface area contributed by atoms with Crippen LogP contribution in [-0.4, -0.2) is 38.0 Å². The predicted octanol–water partition coefficient (Wildman–Crippen LogP) is 1.68. The Hall–Kier alpha value is -2.78. The van der Waals surface area contributed by atoms with E-state index in [-0.39, 0.29) is 23.7 Å². The van der Waals surface area contributed by atoms with Gasteiger partial charge >= 0.3 is 5.97 Å². The first kappa shape index (κ1) is 17.6. The lowest BCUT2D eigenvalue weighted by atomic mass is 10.3. The molecule has 0 fully saturated rings. The maximum absolute atomic E-state index is 12.9. The lowest BCUT2D eigenvalue weighted by molar-refractivity contribution is -0.117. The van der Waals surface area contributed by atoms with Gasteiger partial charge < -0.3 is 10.1 Å². The van der Waals surface area contributed by atoms with Crippen LogP contribution in [0.2, 0.25) is 0 Å². The number of alkyl halides is 2. The first-order chi connectivity index (χ1) is 11.3. The van der Waals surface area contributed by atoms with E-state index in [1.54, 1.807) is 13.8 Å². The summed E-state index contributed by atoms with van der Waals surface area (Å²) in [4.78, 5) is 24.0. The van der Waals surface area contributed by atoms with Crippen LogP contribution in [0.5, 0.6) is 0 Å². The molecule has 0 saturated carbocycles. The predicted molar refractivity (Wildman–Crippen MR) is 79.7 cm³/mol. The zero-order valence-corrected chi connectivity index (χ0v) is 13.4. The Morgan fingerprint density at radius 1 is 1.42 bits per heavy atom. The van der Waals surface area contributed by atoms with Crippen LogP contribution in [0.1, 0.15) is 35.1 Å². The molecule has 0 bridgehead atoms. The van der Waals surface area contributed by atoms with Gasteiger partial charge in [0.05, 0.1) is 18.5 Å². The summed E-state index contributed by atoms with van der Waals surface area (Å²) in [6.45, 7) is 2.96. The van der Waals surface area contributed by atoms with Crippen LogP contribution in [0.15, 0.2) is 12.3 Å². The van der Waals surface area contributed by atoms with E-state index < -0.39 is 24.8 Å². The summed E-state index contributed by atoms with van der Waals surface area (Å²) in [5.74, 6) is -1.13. The summed E-state index contributed by atoms with van der Waals surface area (Å²) in [7, 11) is 1.53. The van der Waals surface area contributed by atoms with Crippen molar-refractivity contribution in [1.82, 2.24) is 19.6 Å². The monoisotopic (exact) mass is 341 g/mol. The fourth-order valence-corrected chi connectivity index (χ4v) is 2.12. The Morgan fingerprint density at radius 3 is 2.75 bits per heavy atom. The molecule has 1 amide bonds. The molecule has 1 N–H and O–H groups in total. The molecule has 10 heteroatoms. The number of carbonyl (C=O) groups excluding carboxylic acids is 2. The molecule has 24 heavy (non-hydrogen) atoms. The molecule has 2 aromatic heterocycles. The normalized spacial score (nSPS) is 10.9. The molecule has 0 aliphatic carbocycles. The fraction of sp³-hybridized carbons (Fsp3) is 0.429. The van der Waals surface area contributed by atoms with E-state index in [0.29, 0.717) is 5.69 Å². The molecular formula is C14H17F2N5O3. The lowest BCUT2D eigenvalue weighted by Gasteiger charge is -2.10. The molecule has 0 saturated heterocycles. The first-order valence-corrected chi connectivity index (χ1v) is 7.15. The minimum absolute atomic E-state index is 0.0819. The van der Waals surface area contributed by atoms with Gasteiger partial charge in [0.2, 0.25) is 5.91 Å². The SMILES string of the molecule is CCOC(=O)c1cnn(C)c1NC(=O)Cn1nc(C)cc1C(F)F. The third kappa shape index (κ3) is 3.76. The van der Waals surface area contributed by atoms with Gasteiger partial charge in [0, 0.05) is 7.05 Å². The third-order valence-electron chi connectivity index (χ3n) is 3.14. The Labute approximate surface area is 136 Å². The highest BCUT2D eigenvalue weighted by atomic mass is 19.3. The van der Waals surface area contributed by atoms with Crippen LogP contribution >= 0.6 is 0 Å². The summed E-state index contributed by atoms with van der Waals surface area (Å²) >= 11 is 0. The van der Waals surface area contributed by atoms with Crippen LogP contribution in [-0.2, 0) is 23.1 Å². The average Bonchev–Trinajstić information content (AvgIpc) is 3.03.